The molecule has 0 saturated heterocycles. The lowest BCUT2D eigenvalue weighted by Gasteiger charge is -2.19. The molecule has 9 N–H and O–H groups in total. The van der Waals surface area contributed by atoms with Gasteiger partial charge in [0.15, 0.2) is 0 Å². The van der Waals surface area contributed by atoms with Gasteiger partial charge in [-0.3, -0.25) is 24.0 Å². The van der Waals surface area contributed by atoms with Crippen molar-refractivity contribution in [1.82, 2.24) is 20.6 Å². The van der Waals surface area contributed by atoms with Gasteiger partial charge in [-0.25, -0.2) is 0 Å². The molecule has 0 saturated carbocycles. The van der Waals surface area contributed by atoms with E-state index in [0.29, 0.717) is 59.5 Å². The number of amides is 4. The number of carbonyl (C=O) groups excluding carboxylic acids is 4. The molecule has 2 aliphatic rings. The first-order valence-corrected chi connectivity index (χ1v) is 25.7. The summed E-state index contributed by atoms with van der Waals surface area (Å²) in [7, 11) is 0. The average molecular weight is 1030 g/mol. The molecule has 0 unspecified atom stereocenters. The highest BCUT2D eigenvalue weighted by molar-refractivity contribution is 6.15. The standard InChI is InChI=1S/C42H38N6O8.2C4H11N.C2H6.2CH3Cl/c1-24(49)47-14-12-27-29-16-31(45-39(29)35(18-33(27)47)55-22-25-8-4-2-5-9-25)41(53)43-20-37(50)48-15-13-28-30-17-32(42(54)44-21-38(51)52)46-40(30)36(19-34(28)48)56-23-26-10-6-3-7-11-26;2*1-2-3-4-5;3*1-2/h2-11,16-19,45-46H,12-15,20-23H2,1H3,(H,43,53)(H,44,54)(H,51,52);2*2-5H2,1H3;1-2H3;2*1H3. The number of unbranched alkanes of at least 4 members (excludes halogenated alkanes) is 2. The Bertz CT molecular complexity index is 2650. The molecule has 2 aromatic heterocycles. The zero-order valence-corrected chi connectivity index (χ0v) is 44.1. The fourth-order valence-corrected chi connectivity index (χ4v) is 7.85. The van der Waals surface area contributed by atoms with Gasteiger partial charge in [-0.1, -0.05) is 101 Å². The van der Waals surface area contributed by atoms with Crippen LogP contribution in [0.15, 0.2) is 84.9 Å². The molecule has 4 heterocycles. The van der Waals surface area contributed by atoms with E-state index >= 15 is 0 Å². The quantitative estimate of drug-likeness (QED) is 0.0454. The van der Waals surface area contributed by atoms with Crippen LogP contribution >= 0.6 is 23.2 Å². The minimum absolute atomic E-state index is 0.0820. The van der Waals surface area contributed by atoms with Gasteiger partial charge in [0.05, 0.1) is 29.0 Å². The number of aliphatic carboxylic acids is 1. The second-order valence-corrected chi connectivity index (χ2v) is 16.0. The molecule has 4 aromatic carbocycles. The third-order valence-electron chi connectivity index (χ3n) is 11.2. The fraction of sp³-hybridized carbons (Fsp3) is 0.389. The number of anilines is 2. The number of aromatic nitrogens is 2. The molecule has 0 bridgehead atoms. The van der Waals surface area contributed by atoms with Crippen LogP contribution in [0.5, 0.6) is 11.5 Å². The number of carboxylic acid groups (broad SMARTS) is 1. The van der Waals surface area contributed by atoms with Gasteiger partial charge in [0.1, 0.15) is 42.6 Å². The van der Waals surface area contributed by atoms with E-state index in [1.807, 2.05) is 80.6 Å². The lowest BCUT2D eigenvalue weighted by atomic mass is 10.1. The molecular weight excluding hydrogens is 960 g/mol. The number of ether oxygens (including phenoxy) is 2. The molecule has 16 nitrogen and oxygen atoms in total. The Balaban J connectivity index is 0.000000758. The van der Waals surface area contributed by atoms with Gasteiger partial charge in [-0.05, 0) is 73.2 Å². The molecule has 8 rings (SSSR count). The average Bonchev–Trinajstić information content (AvgIpc) is 4.24. The van der Waals surface area contributed by atoms with E-state index in [-0.39, 0.29) is 43.0 Å². The zero-order valence-electron chi connectivity index (χ0n) is 42.6. The normalized spacial score (nSPS) is 11.6. The minimum Gasteiger partial charge on any atom is -0.487 e. The number of fused-ring (bicyclic) bond motifs is 6. The number of nitrogens with two attached hydrogens (primary N) is 2. The number of aromatic amines is 2. The van der Waals surface area contributed by atoms with Crippen molar-refractivity contribution in [2.24, 2.45) is 11.5 Å². The van der Waals surface area contributed by atoms with Crippen LogP contribution in [0.2, 0.25) is 0 Å². The van der Waals surface area contributed by atoms with Crippen molar-refractivity contribution in [3.05, 3.63) is 119 Å². The van der Waals surface area contributed by atoms with Gasteiger partial charge in [0.25, 0.3) is 11.8 Å². The van der Waals surface area contributed by atoms with E-state index in [4.69, 9.17) is 26.0 Å². The third kappa shape index (κ3) is 16.2. The van der Waals surface area contributed by atoms with Crippen LogP contribution in [0.3, 0.4) is 0 Å². The van der Waals surface area contributed by atoms with Crippen molar-refractivity contribution in [3.63, 3.8) is 0 Å². The van der Waals surface area contributed by atoms with E-state index in [9.17, 15) is 24.0 Å². The number of halogens is 2. The largest absolute Gasteiger partial charge is 0.487 e. The van der Waals surface area contributed by atoms with Crippen molar-refractivity contribution in [2.75, 3.05) is 61.8 Å². The maximum atomic E-state index is 13.8. The van der Waals surface area contributed by atoms with Crippen molar-refractivity contribution in [3.8, 4) is 11.5 Å². The first-order valence-electron chi connectivity index (χ1n) is 24.2. The van der Waals surface area contributed by atoms with E-state index in [1.165, 1.54) is 45.4 Å². The van der Waals surface area contributed by atoms with Crippen LogP contribution in [0.25, 0.3) is 21.8 Å². The van der Waals surface area contributed by atoms with Crippen molar-refractivity contribution < 1.29 is 38.6 Å². The summed E-state index contributed by atoms with van der Waals surface area (Å²) in [5.41, 5.74) is 16.8. The second-order valence-electron chi connectivity index (χ2n) is 16.0. The Morgan fingerprint density at radius 3 is 1.42 bits per heavy atom. The molecule has 0 aliphatic carbocycles. The molecule has 390 valence electrons. The maximum Gasteiger partial charge on any atom is 0.322 e. The lowest BCUT2D eigenvalue weighted by Crippen LogP contribution is -2.39. The van der Waals surface area contributed by atoms with Crippen LogP contribution in [-0.4, -0.2) is 96.7 Å². The summed E-state index contributed by atoms with van der Waals surface area (Å²) in [6, 6.07) is 26.2. The number of benzene rings is 4. The van der Waals surface area contributed by atoms with Gasteiger partial charge < -0.3 is 56.4 Å². The first kappa shape index (κ1) is 59.7. The van der Waals surface area contributed by atoms with E-state index in [0.717, 1.165) is 46.4 Å². The summed E-state index contributed by atoms with van der Waals surface area (Å²) in [6.07, 6.45) is 8.82. The summed E-state index contributed by atoms with van der Waals surface area (Å²) in [5.74, 6) is -1.76. The minimum atomic E-state index is -1.17. The highest BCUT2D eigenvalue weighted by Gasteiger charge is 2.31. The Morgan fingerprint density at radius 1 is 0.639 bits per heavy atom. The number of rotatable bonds is 16. The molecule has 0 radical (unpaired) electrons. The summed E-state index contributed by atoms with van der Waals surface area (Å²) in [5, 5.41) is 15.6. The molecule has 4 amide bonds. The summed E-state index contributed by atoms with van der Waals surface area (Å²) in [6.45, 7) is 12.0. The number of hydrogen-bond donors (Lipinski definition) is 7. The molecule has 0 atom stereocenters. The number of nitrogens with one attached hydrogen (secondary N) is 4. The summed E-state index contributed by atoms with van der Waals surface area (Å²) < 4.78 is 12.5. The Kier molecular flexibility index (Phi) is 26.3. The number of alkyl halides is 2. The first-order chi connectivity index (χ1) is 35.0. The van der Waals surface area contributed by atoms with Crippen LogP contribution in [0.4, 0.5) is 11.4 Å². The van der Waals surface area contributed by atoms with Gasteiger partial charge >= 0.3 is 5.97 Å². The summed E-state index contributed by atoms with van der Waals surface area (Å²) in [4.78, 5) is 73.4. The van der Waals surface area contributed by atoms with E-state index in [2.05, 4.69) is 57.7 Å². The van der Waals surface area contributed by atoms with Crippen LogP contribution in [0, 0.1) is 0 Å². The smallest absolute Gasteiger partial charge is 0.322 e. The molecular formula is C54H72Cl2N8O8. The van der Waals surface area contributed by atoms with Crippen LogP contribution in [0.1, 0.15) is 104 Å². The zero-order chi connectivity index (χ0) is 53.2. The van der Waals surface area contributed by atoms with Gasteiger partial charge in [-0.2, -0.15) is 0 Å². The van der Waals surface area contributed by atoms with Crippen molar-refractivity contribution in [2.45, 2.75) is 86.4 Å². The fourth-order valence-electron chi connectivity index (χ4n) is 7.85. The van der Waals surface area contributed by atoms with Gasteiger partial charge in [-0.15, -0.1) is 23.2 Å². The Hall–Kier alpha value is -6.59. The number of carboxylic acids is 1. The molecule has 6 aromatic rings. The highest BCUT2D eigenvalue weighted by Crippen LogP contribution is 2.42. The monoisotopic (exact) mass is 1030 g/mol. The van der Waals surface area contributed by atoms with Crippen LogP contribution in [-0.2, 0) is 40.4 Å². The maximum absolute atomic E-state index is 13.8. The second kappa shape index (κ2) is 31.7. The van der Waals surface area contributed by atoms with Gasteiger partial charge in [0, 0.05) is 55.7 Å². The lowest BCUT2D eigenvalue weighted by molar-refractivity contribution is -0.135. The van der Waals surface area contributed by atoms with Gasteiger partial charge in [0.2, 0.25) is 11.8 Å². The molecule has 72 heavy (non-hydrogen) atoms. The topological polar surface area (TPSA) is 238 Å². The van der Waals surface area contributed by atoms with E-state index < -0.39 is 24.3 Å². The molecule has 18 heteroatoms. The Labute approximate surface area is 433 Å². The SMILES string of the molecule is CC.CC(=O)N1CCc2c1cc(OCc1ccccc1)c1[nH]c(C(=O)NCC(=O)N3CCc4c3cc(OCc3ccccc3)c3[nH]c(C(=O)NCC(=O)O)cc43)cc21.CCCCN.CCCCN.CCl.CCl. The number of hydrogen-bond acceptors (Lipinski definition) is 9. The Morgan fingerprint density at radius 2 is 1.04 bits per heavy atom. The molecule has 0 spiro atoms. The van der Waals surface area contributed by atoms with Crippen molar-refractivity contribution in [1.29, 1.82) is 0 Å². The predicted molar refractivity (Wildman–Crippen MR) is 291 cm³/mol. The van der Waals surface area contributed by atoms with Crippen LogP contribution < -0.4 is 41.4 Å². The third-order valence-corrected chi connectivity index (χ3v) is 11.2. The predicted octanol–water partition coefficient (Wildman–Crippen LogP) is 9.08. The number of carbonyl (C=O) groups is 5. The highest BCUT2D eigenvalue weighted by atomic mass is 35.5. The van der Waals surface area contributed by atoms with Crippen molar-refractivity contribution >= 4 is 86.0 Å². The number of H-pyrrole nitrogens is 2. The van der Waals surface area contributed by atoms with E-state index in [1.54, 1.807) is 28.0 Å². The molecule has 2 aliphatic heterocycles. The molecule has 0 fully saturated rings. The number of nitrogens with zero attached hydrogens (tertiary/aromatic N) is 2. The summed E-state index contributed by atoms with van der Waals surface area (Å²) >= 11 is 9.28.